The van der Waals surface area contributed by atoms with Crippen molar-refractivity contribution in [3.05, 3.63) is 29.3 Å². The third kappa shape index (κ3) is 5.20. The van der Waals surface area contributed by atoms with Crippen LogP contribution in [0.1, 0.15) is 43.1 Å². The Morgan fingerprint density at radius 3 is 2.52 bits per heavy atom. The van der Waals surface area contributed by atoms with Crippen molar-refractivity contribution in [2.45, 2.75) is 33.2 Å². The van der Waals surface area contributed by atoms with Gasteiger partial charge >= 0.3 is 0 Å². The molecule has 0 aromatic heterocycles. The smallest absolute Gasteiger partial charge is 0.161 e. The Kier molecular flexibility index (Phi) is 6.39. The van der Waals surface area contributed by atoms with E-state index in [4.69, 9.17) is 5.26 Å². The molecule has 0 amide bonds. The number of ketones is 1. The molecule has 0 spiro atoms. The number of nitriles is 1. The number of rotatable bonds is 7. The molecule has 0 aliphatic carbocycles. The molecule has 0 saturated heterocycles. The summed E-state index contributed by atoms with van der Waals surface area (Å²) in [6, 6.07) is 7.65. The number of hydrogen-bond donors (Lipinski definition) is 1. The molecule has 0 bridgehead atoms. The van der Waals surface area contributed by atoms with Gasteiger partial charge < -0.3 is 10.2 Å². The number of nitrogens with zero attached hydrogens (tertiary/aromatic N) is 2. The first kappa shape index (κ1) is 17.2. The van der Waals surface area contributed by atoms with Gasteiger partial charge in [0.25, 0.3) is 0 Å². The molecular weight excluding hydrogens is 262 g/mol. The second kappa shape index (κ2) is 7.80. The van der Waals surface area contributed by atoms with Gasteiger partial charge in [0.2, 0.25) is 0 Å². The Labute approximate surface area is 127 Å². The van der Waals surface area contributed by atoms with Crippen LogP contribution < -0.4 is 5.32 Å². The molecule has 1 rings (SSSR count). The van der Waals surface area contributed by atoms with Gasteiger partial charge in [-0.2, -0.15) is 5.26 Å². The lowest BCUT2D eigenvalue weighted by Gasteiger charge is -2.27. The Balaban J connectivity index is 2.90. The van der Waals surface area contributed by atoms with E-state index in [1.54, 1.807) is 25.1 Å². The summed E-state index contributed by atoms with van der Waals surface area (Å²) in [7, 11) is 4.12. The Bertz CT molecular complexity index is 529. The Morgan fingerprint density at radius 1 is 1.38 bits per heavy atom. The van der Waals surface area contributed by atoms with E-state index in [-0.39, 0.29) is 5.78 Å². The van der Waals surface area contributed by atoms with Crippen molar-refractivity contribution in [2.24, 2.45) is 5.92 Å². The monoisotopic (exact) mass is 287 g/mol. The SMILES string of the molecule is CC(=O)c1ccc(C#N)cc1NCC(CC(C)C)N(C)C. The van der Waals surface area contributed by atoms with Gasteiger partial charge in [-0.15, -0.1) is 0 Å². The lowest BCUT2D eigenvalue weighted by Crippen LogP contribution is -2.35. The number of anilines is 1. The van der Waals surface area contributed by atoms with Crippen LogP contribution in [-0.2, 0) is 0 Å². The fourth-order valence-corrected chi connectivity index (χ4v) is 2.32. The van der Waals surface area contributed by atoms with E-state index in [9.17, 15) is 4.79 Å². The highest BCUT2D eigenvalue weighted by Gasteiger charge is 2.15. The minimum atomic E-state index is 0.00672. The highest BCUT2D eigenvalue weighted by atomic mass is 16.1. The number of nitrogens with one attached hydrogen (secondary N) is 1. The molecule has 1 atom stereocenters. The molecule has 0 heterocycles. The summed E-state index contributed by atoms with van der Waals surface area (Å²) in [6.07, 6.45) is 1.08. The molecule has 0 radical (unpaired) electrons. The van der Waals surface area contributed by atoms with Gasteiger partial charge in [0.15, 0.2) is 5.78 Å². The maximum atomic E-state index is 11.7. The molecule has 4 nitrogen and oxygen atoms in total. The van der Waals surface area contributed by atoms with E-state index in [1.807, 2.05) is 0 Å². The molecule has 1 N–H and O–H groups in total. The molecule has 1 unspecified atom stereocenters. The van der Waals surface area contributed by atoms with Crippen molar-refractivity contribution >= 4 is 11.5 Å². The van der Waals surface area contributed by atoms with Crippen LogP contribution in [0.2, 0.25) is 0 Å². The second-order valence-electron chi connectivity index (χ2n) is 6.06. The predicted molar refractivity (Wildman–Crippen MR) is 86.6 cm³/mol. The average molecular weight is 287 g/mol. The fourth-order valence-electron chi connectivity index (χ4n) is 2.32. The number of carbonyl (C=O) groups excluding carboxylic acids is 1. The van der Waals surface area contributed by atoms with E-state index in [2.05, 4.69) is 44.2 Å². The molecule has 114 valence electrons. The topological polar surface area (TPSA) is 56.1 Å². The van der Waals surface area contributed by atoms with Crippen molar-refractivity contribution < 1.29 is 4.79 Å². The Hall–Kier alpha value is -1.86. The molecule has 0 aliphatic rings. The summed E-state index contributed by atoms with van der Waals surface area (Å²) in [4.78, 5) is 13.9. The zero-order chi connectivity index (χ0) is 16.0. The quantitative estimate of drug-likeness (QED) is 0.783. The number of carbonyl (C=O) groups is 1. The number of benzene rings is 1. The van der Waals surface area contributed by atoms with Crippen molar-refractivity contribution in [2.75, 3.05) is 26.0 Å². The zero-order valence-corrected chi connectivity index (χ0v) is 13.6. The summed E-state index contributed by atoms with van der Waals surface area (Å²) in [5.41, 5.74) is 1.95. The average Bonchev–Trinajstić information content (AvgIpc) is 2.42. The standard InChI is InChI=1S/C17H25N3O/c1-12(2)8-15(20(4)5)11-19-17-9-14(10-18)6-7-16(17)13(3)21/h6-7,9,12,15,19H,8,11H2,1-5H3. The summed E-state index contributed by atoms with van der Waals surface area (Å²) in [6.45, 7) is 6.70. The third-order valence-electron chi connectivity index (χ3n) is 3.53. The molecule has 21 heavy (non-hydrogen) atoms. The normalized spacial score (nSPS) is 12.3. The van der Waals surface area contributed by atoms with Crippen molar-refractivity contribution in [3.63, 3.8) is 0 Å². The minimum absolute atomic E-state index is 0.00672. The first-order valence-corrected chi connectivity index (χ1v) is 7.30. The fraction of sp³-hybridized carbons (Fsp3) is 0.529. The number of likely N-dealkylation sites (N-methyl/N-ethyl adjacent to an activating group) is 1. The summed E-state index contributed by atoms with van der Waals surface area (Å²) >= 11 is 0. The maximum Gasteiger partial charge on any atom is 0.161 e. The van der Waals surface area contributed by atoms with E-state index in [1.165, 1.54) is 0 Å². The molecule has 0 saturated carbocycles. The molecule has 1 aromatic carbocycles. The maximum absolute atomic E-state index is 11.7. The Morgan fingerprint density at radius 2 is 2.05 bits per heavy atom. The highest BCUT2D eigenvalue weighted by Crippen LogP contribution is 2.19. The van der Waals surface area contributed by atoms with Gasteiger partial charge in [-0.1, -0.05) is 13.8 Å². The molecule has 4 heteroatoms. The van der Waals surface area contributed by atoms with Crippen LogP contribution in [0.3, 0.4) is 0 Å². The van der Waals surface area contributed by atoms with Crippen LogP contribution in [0, 0.1) is 17.2 Å². The van der Waals surface area contributed by atoms with Gasteiger partial charge in [-0.3, -0.25) is 4.79 Å². The van der Waals surface area contributed by atoms with Gasteiger partial charge in [0, 0.05) is 23.8 Å². The van der Waals surface area contributed by atoms with Gasteiger partial charge in [-0.25, -0.2) is 0 Å². The van der Waals surface area contributed by atoms with Gasteiger partial charge in [0.1, 0.15) is 0 Å². The number of Topliss-reactive ketones (excluding diaryl/α,β-unsaturated/α-hetero) is 1. The molecule has 1 aromatic rings. The second-order valence-corrected chi connectivity index (χ2v) is 6.06. The summed E-state index contributed by atoms with van der Waals surface area (Å²) in [5, 5.41) is 12.3. The van der Waals surface area contributed by atoms with Crippen LogP contribution in [0.5, 0.6) is 0 Å². The van der Waals surface area contributed by atoms with Crippen molar-refractivity contribution in [1.29, 1.82) is 5.26 Å². The molecule has 0 aliphatic heterocycles. The minimum Gasteiger partial charge on any atom is -0.383 e. The van der Waals surface area contributed by atoms with E-state index in [0.29, 0.717) is 23.1 Å². The summed E-state index contributed by atoms with van der Waals surface area (Å²) in [5.74, 6) is 0.615. The van der Waals surface area contributed by atoms with Crippen LogP contribution in [0.4, 0.5) is 5.69 Å². The first-order chi connectivity index (χ1) is 9.85. The van der Waals surface area contributed by atoms with E-state index < -0.39 is 0 Å². The van der Waals surface area contributed by atoms with Crippen molar-refractivity contribution in [1.82, 2.24) is 4.90 Å². The lowest BCUT2D eigenvalue weighted by atomic mass is 10.0. The molecule has 0 fully saturated rings. The van der Waals surface area contributed by atoms with Crippen LogP contribution in [0.15, 0.2) is 18.2 Å². The van der Waals surface area contributed by atoms with Crippen LogP contribution in [-0.4, -0.2) is 37.4 Å². The van der Waals surface area contributed by atoms with E-state index >= 15 is 0 Å². The largest absolute Gasteiger partial charge is 0.383 e. The van der Waals surface area contributed by atoms with E-state index in [0.717, 1.165) is 18.7 Å². The highest BCUT2D eigenvalue weighted by molar-refractivity contribution is 5.99. The van der Waals surface area contributed by atoms with Gasteiger partial charge in [-0.05, 0) is 51.6 Å². The first-order valence-electron chi connectivity index (χ1n) is 7.30. The van der Waals surface area contributed by atoms with Gasteiger partial charge in [0.05, 0.1) is 11.6 Å². The molecular formula is C17H25N3O. The number of hydrogen-bond acceptors (Lipinski definition) is 4. The van der Waals surface area contributed by atoms with Crippen LogP contribution >= 0.6 is 0 Å². The van der Waals surface area contributed by atoms with Crippen molar-refractivity contribution in [3.8, 4) is 6.07 Å². The zero-order valence-electron chi connectivity index (χ0n) is 13.6. The van der Waals surface area contributed by atoms with Crippen LogP contribution in [0.25, 0.3) is 0 Å². The third-order valence-corrected chi connectivity index (χ3v) is 3.53. The lowest BCUT2D eigenvalue weighted by molar-refractivity contribution is 0.101. The predicted octanol–water partition coefficient (Wildman–Crippen LogP) is 3.15. The summed E-state index contributed by atoms with van der Waals surface area (Å²) < 4.78 is 0.